The van der Waals surface area contributed by atoms with E-state index in [2.05, 4.69) is 28.8 Å². The standard InChI is InChI=1S/C15H15NO/c17-11-15-6-3-9-16(15)14-8-7-12-4-1-2-5-13(12)10-14/h1-6,9,11,14H,7-8,10H2. The molecule has 1 aromatic heterocycles. The minimum atomic E-state index is 0.431. The van der Waals surface area contributed by atoms with Crippen molar-refractivity contribution in [2.24, 2.45) is 0 Å². The summed E-state index contributed by atoms with van der Waals surface area (Å²) >= 11 is 0. The molecule has 17 heavy (non-hydrogen) atoms. The zero-order valence-corrected chi connectivity index (χ0v) is 9.67. The quantitative estimate of drug-likeness (QED) is 0.720. The Morgan fingerprint density at radius 2 is 1.94 bits per heavy atom. The second-order valence-electron chi connectivity index (χ2n) is 4.62. The molecule has 0 aliphatic heterocycles. The minimum absolute atomic E-state index is 0.431. The van der Waals surface area contributed by atoms with Gasteiger partial charge in [-0.1, -0.05) is 24.3 Å². The van der Waals surface area contributed by atoms with Crippen molar-refractivity contribution in [2.75, 3.05) is 0 Å². The first-order valence-electron chi connectivity index (χ1n) is 6.07. The summed E-state index contributed by atoms with van der Waals surface area (Å²) in [4.78, 5) is 11.0. The lowest BCUT2D eigenvalue weighted by molar-refractivity contribution is 0.111. The van der Waals surface area contributed by atoms with Crippen molar-refractivity contribution >= 4 is 6.29 Å². The van der Waals surface area contributed by atoms with Gasteiger partial charge in [0.2, 0.25) is 0 Å². The third-order valence-electron chi connectivity index (χ3n) is 3.65. The molecular weight excluding hydrogens is 210 g/mol. The molecule has 1 unspecified atom stereocenters. The monoisotopic (exact) mass is 225 g/mol. The Hall–Kier alpha value is -1.83. The van der Waals surface area contributed by atoms with Crippen molar-refractivity contribution in [3.05, 3.63) is 59.4 Å². The molecule has 2 heteroatoms. The molecule has 0 radical (unpaired) electrons. The summed E-state index contributed by atoms with van der Waals surface area (Å²) in [6.07, 6.45) is 6.22. The van der Waals surface area contributed by atoms with Crippen LogP contribution in [0.3, 0.4) is 0 Å². The smallest absolute Gasteiger partial charge is 0.166 e. The van der Waals surface area contributed by atoms with Gasteiger partial charge in [-0.15, -0.1) is 0 Å². The van der Waals surface area contributed by atoms with E-state index in [-0.39, 0.29) is 0 Å². The van der Waals surface area contributed by atoms with Gasteiger partial charge in [-0.05, 0) is 42.5 Å². The van der Waals surface area contributed by atoms with Gasteiger partial charge in [0, 0.05) is 12.2 Å². The molecule has 1 aliphatic carbocycles. The molecule has 0 spiro atoms. The molecule has 2 nitrogen and oxygen atoms in total. The SMILES string of the molecule is O=Cc1cccn1C1CCc2ccccc2C1. The predicted molar refractivity (Wildman–Crippen MR) is 67.3 cm³/mol. The summed E-state index contributed by atoms with van der Waals surface area (Å²) in [5, 5.41) is 0. The molecule has 1 heterocycles. The number of hydrogen-bond acceptors (Lipinski definition) is 1. The molecule has 0 bridgehead atoms. The molecule has 0 saturated heterocycles. The number of nitrogens with zero attached hydrogens (tertiary/aromatic N) is 1. The molecule has 1 atom stereocenters. The number of carbonyl (C=O) groups excluding carboxylic acids is 1. The van der Waals surface area contributed by atoms with Crippen LogP contribution in [0.2, 0.25) is 0 Å². The molecule has 0 saturated carbocycles. The highest BCUT2D eigenvalue weighted by Crippen LogP contribution is 2.29. The Bertz CT molecular complexity index is 541. The van der Waals surface area contributed by atoms with Gasteiger partial charge in [0.05, 0.1) is 5.69 Å². The topological polar surface area (TPSA) is 22.0 Å². The Labute approximate surface area is 101 Å². The third kappa shape index (κ3) is 1.80. The summed E-state index contributed by atoms with van der Waals surface area (Å²) in [6, 6.07) is 12.9. The molecule has 3 rings (SSSR count). The molecule has 2 aromatic rings. The van der Waals surface area contributed by atoms with Crippen LogP contribution in [0, 0.1) is 0 Å². The highest BCUT2D eigenvalue weighted by Gasteiger charge is 2.20. The summed E-state index contributed by atoms with van der Waals surface area (Å²) in [5.74, 6) is 0. The molecule has 0 N–H and O–H groups in total. The third-order valence-corrected chi connectivity index (χ3v) is 3.65. The van der Waals surface area contributed by atoms with Crippen LogP contribution in [0.5, 0.6) is 0 Å². The molecule has 0 amide bonds. The maximum atomic E-state index is 11.0. The van der Waals surface area contributed by atoms with Crippen molar-refractivity contribution in [2.45, 2.75) is 25.3 Å². The van der Waals surface area contributed by atoms with Gasteiger partial charge in [0.25, 0.3) is 0 Å². The van der Waals surface area contributed by atoms with Crippen molar-refractivity contribution in [3.8, 4) is 0 Å². The number of aryl methyl sites for hydroxylation is 1. The van der Waals surface area contributed by atoms with Gasteiger partial charge in [0.15, 0.2) is 6.29 Å². The molecule has 0 fully saturated rings. The van der Waals surface area contributed by atoms with E-state index in [0.717, 1.165) is 31.2 Å². The summed E-state index contributed by atoms with van der Waals surface area (Å²) < 4.78 is 2.11. The van der Waals surface area contributed by atoms with Crippen LogP contribution in [-0.4, -0.2) is 10.9 Å². The summed E-state index contributed by atoms with van der Waals surface area (Å²) in [7, 11) is 0. The largest absolute Gasteiger partial charge is 0.342 e. The van der Waals surface area contributed by atoms with Crippen LogP contribution in [0.15, 0.2) is 42.6 Å². The van der Waals surface area contributed by atoms with Crippen LogP contribution < -0.4 is 0 Å². The van der Waals surface area contributed by atoms with Crippen LogP contribution >= 0.6 is 0 Å². The van der Waals surface area contributed by atoms with Crippen molar-refractivity contribution in [1.82, 2.24) is 4.57 Å². The van der Waals surface area contributed by atoms with E-state index < -0.39 is 0 Å². The predicted octanol–water partition coefficient (Wildman–Crippen LogP) is 3.03. The van der Waals surface area contributed by atoms with Gasteiger partial charge in [-0.2, -0.15) is 0 Å². The number of benzene rings is 1. The average molecular weight is 225 g/mol. The zero-order valence-electron chi connectivity index (χ0n) is 9.67. The maximum absolute atomic E-state index is 11.0. The second-order valence-corrected chi connectivity index (χ2v) is 4.62. The lowest BCUT2D eigenvalue weighted by atomic mass is 9.88. The Kier molecular flexibility index (Phi) is 2.56. The number of aldehydes is 1. The van der Waals surface area contributed by atoms with Crippen LogP contribution in [-0.2, 0) is 12.8 Å². The Morgan fingerprint density at radius 1 is 1.12 bits per heavy atom. The van der Waals surface area contributed by atoms with Crippen LogP contribution in [0.1, 0.15) is 34.1 Å². The first-order chi connectivity index (χ1) is 8.38. The van der Waals surface area contributed by atoms with Gasteiger partial charge in [-0.3, -0.25) is 4.79 Å². The van der Waals surface area contributed by atoms with E-state index in [1.165, 1.54) is 11.1 Å². The van der Waals surface area contributed by atoms with E-state index in [4.69, 9.17) is 0 Å². The van der Waals surface area contributed by atoms with E-state index in [1.54, 1.807) is 0 Å². The van der Waals surface area contributed by atoms with Crippen molar-refractivity contribution in [3.63, 3.8) is 0 Å². The van der Waals surface area contributed by atoms with Crippen molar-refractivity contribution in [1.29, 1.82) is 0 Å². The number of hydrogen-bond donors (Lipinski definition) is 0. The first kappa shape index (κ1) is 10.3. The van der Waals surface area contributed by atoms with E-state index in [0.29, 0.717) is 6.04 Å². The Morgan fingerprint density at radius 3 is 2.76 bits per heavy atom. The van der Waals surface area contributed by atoms with Gasteiger partial charge in [-0.25, -0.2) is 0 Å². The second kappa shape index (κ2) is 4.21. The highest BCUT2D eigenvalue weighted by atomic mass is 16.1. The fourth-order valence-corrected chi connectivity index (χ4v) is 2.76. The first-order valence-corrected chi connectivity index (χ1v) is 6.07. The van der Waals surface area contributed by atoms with Gasteiger partial charge < -0.3 is 4.57 Å². The molecule has 1 aromatic carbocycles. The molecule has 1 aliphatic rings. The van der Waals surface area contributed by atoms with Gasteiger partial charge >= 0.3 is 0 Å². The number of fused-ring (bicyclic) bond motifs is 1. The molecular formula is C15H15NO. The van der Waals surface area contributed by atoms with Crippen LogP contribution in [0.4, 0.5) is 0 Å². The lowest BCUT2D eigenvalue weighted by Gasteiger charge is -2.26. The minimum Gasteiger partial charge on any atom is -0.342 e. The molecule has 86 valence electrons. The zero-order chi connectivity index (χ0) is 11.7. The average Bonchev–Trinajstić information content (AvgIpc) is 2.86. The number of carbonyl (C=O) groups is 1. The fourth-order valence-electron chi connectivity index (χ4n) is 2.76. The van der Waals surface area contributed by atoms with E-state index >= 15 is 0 Å². The maximum Gasteiger partial charge on any atom is 0.166 e. The van der Waals surface area contributed by atoms with Gasteiger partial charge in [0.1, 0.15) is 0 Å². The van der Waals surface area contributed by atoms with Crippen molar-refractivity contribution < 1.29 is 4.79 Å². The summed E-state index contributed by atoms with van der Waals surface area (Å²) in [6.45, 7) is 0. The fraction of sp³-hybridized carbons (Fsp3) is 0.267. The Balaban J connectivity index is 1.92. The highest BCUT2D eigenvalue weighted by molar-refractivity contribution is 5.72. The number of rotatable bonds is 2. The lowest BCUT2D eigenvalue weighted by Crippen LogP contribution is -2.19. The van der Waals surface area contributed by atoms with E-state index in [9.17, 15) is 4.79 Å². The normalized spacial score (nSPS) is 18.7. The van der Waals surface area contributed by atoms with E-state index in [1.807, 2.05) is 18.3 Å². The number of aromatic nitrogens is 1. The summed E-state index contributed by atoms with van der Waals surface area (Å²) in [5.41, 5.74) is 3.67. The van der Waals surface area contributed by atoms with Crippen LogP contribution in [0.25, 0.3) is 0 Å².